The lowest BCUT2D eigenvalue weighted by Gasteiger charge is -2.32. The standard InChI is InChI=1S/C22H30O8/c1-27-17-7-5-13(9-19(17)29-3)21(25)15(11-23)16(12-24)22(26)14-6-8-18(28-2)20(10-14)30-4/h5-10,15-16,21-26H,11-12H2,1-4H3. The Balaban J connectivity index is 2.34. The first-order chi connectivity index (χ1) is 14.4. The van der Waals surface area contributed by atoms with Crippen LogP contribution in [0.2, 0.25) is 0 Å². The van der Waals surface area contributed by atoms with Gasteiger partial charge in [-0.1, -0.05) is 12.1 Å². The van der Waals surface area contributed by atoms with Crippen LogP contribution in [0.25, 0.3) is 0 Å². The second-order valence-corrected chi connectivity index (χ2v) is 6.81. The number of ether oxygens (including phenoxy) is 4. The van der Waals surface area contributed by atoms with E-state index in [9.17, 15) is 20.4 Å². The maximum absolute atomic E-state index is 10.9. The number of methoxy groups -OCH3 is 4. The van der Waals surface area contributed by atoms with Gasteiger partial charge in [-0.25, -0.2) is 0 Å². The molecular formula is C22H30O8. The average molecular weight is 422 g/mol. The van der Waals surface area contributed by atoms with Gasteiger partial charge in [0.25, 0.3) is 0 Å². The van der Waals surface area contributed by atoms with E-state index in [0.29, 0.717) is 34.1 Å². The highest BCUT2D eigenvalue weighted by atomic mass is 16.5. The van der Waals surface area contributed by atoms with Crippen LogP contribution < -0.4 is 18.9 Å². The number of aliphatic hydroxyl groups is 4. The van der Waals surface area contributed by atoms with Crippen LogP contribution in [0.5, 0.6) is 23.0 Å². The Labute approximate surface area is 176 Å². The van der Waals surface area contributed by atoms with E-state index >= 15 is 0 Å². The lowest BCUT2D eigenvalue weighted by Crippen LogP contribution is -2.32. The summed E-state index contributed by atoms with van der Waals surface area (Å²) in [6.45, 7) is -0.907. The SMILES string of the molecule is COc1ccc(C(O)C(CO)C(CO)C(O)c2ccc(OC)c(OC)c2)cc1OC. The summed E-state index contributed by atoms with van der Waals surface area (Å²) in [4.78, 5) is 0. The van der Waals surface area contributed by atoms with Gasteiger partial charge in [0, 0.05) is 25.0 Å². The summed E-state index contributed by atoms with van der Waals surface area (Å²) < 4.78 is 20.9. The second-order valence-electron chi connectivity index (χ2n) is 6.81. The molecule has 0 aliphatic heterocycles. The number of rotatable bonds is 11. The van der Waals surface area contributed by atoms with Gasteiger partial charge in [0.05, 0.1) is 40.6 Å². The monoisotopic (exact) mass is 422 g/mol. The Morgan fingerprint density at radius 1 is 0.600 bits per heavy atom. The molecule has 0 spiro atoms. The molecule has 0 aromatic heterocycles. The minimum atomic E-state index is -1.17. The number of hydrogen-bond acceptors (Lipinski definition) is 8. The van der Waals surface area contributed by atoms with Crippen molar-refractivity contribution in [3.63, 3.8) is 0 Å². The van der Waals surface area contributed by atoms with Crippen LogP contribution in [0.15, 0.2) is 36.4 Å². The van der Waals surface area contributed by atoms with E-state index in [1.807, 2.05) is 0 Å². The molecule has 0 amide bonds. The molecule has 0 saturated carbocycles. The Kier molecular flexibility index (Phi) is 8.73. The fourth-order valence-electron chi connectivity index (χ4n) is 3.51. The predicted octanol–water partition coefficient (Wildman–Crippen LogP) is 1.70. The Bertz CT molecular complexity index is 742. The molecule has 2 aromatic rings. The first-order valence-corrected chi connectivity index (χ1v) is 9.47. The third-order valence-corrected chi connectivity index (χ3v) is 5.28. The zero-order chi connectivity index (χ0) is 22.3. The molecule has 166 valence electrons. The van der Waals surface area contributed by atoms with Crippen LogP contribution in [0, 0.1) is 11.8 Å². The van der Waals surface area contributed by atoms with Gasteiger partial charge in [0.15, 0.2) is 23.0 Å². The molecule has 0 bridgehead atoms. The molecule has 0 aliphatic rings. The molecule has 4 unspecified atom stereocenters. The van der Waals surface area contributed by atoms with E-state index in [4.69, 9.17) is 18.9 Å². The lowest BCUT2D eigenvalue weighted by atomic mass is 9.80. The highest BCUT2D eigenvalue weighted by Gasteiger charge is 2.35. The van der Waals surface area contributed by atoms with Crippen molar-refractivity contribution in [3.8, 4) is 23.0 Å². The lowest BCUT2D eigenvalue weighted by molar-refractivity contribution is -0.0424. The zero-order valence-electron chi connectivity index (χ0n) is 17.6. The first-order valence-electron chi connectivity index (χ1n) is 9.47. The fraction of sp³-hybridized carbons (Fsp3) is 0.455. The van der Waals surface area contributed by atoms with Gasteiger partial charge in [-0.15, -0.1) is 0 Å². The van der Waals surface area contributed by atoms with Gasteiger partial charge in [-0.2, -0.15) is 0 Å². The fourth-order valence-corrected chi connectivity index (χ4v) is 3.51. The highest BCUT2D eigenvalue weighted by Crippen LogP contribution is 2.39. The summed E-state index contributed by atoms with van der Waals surface area (Å²) in [6.07, 6.45) is -2.33. The summed E-state index contributed by atoms with van der Waals surface area (Å²) in [6, 6.07) is 9.78. The normalized spacial score (nSPS) is 15.1. The molecule has 2 aromatic carbocycles. The van der Waals surface area contributed by atoms with Crippen molar-refractivity contribution in [2.75, 3.05) is 41.7 Å². The van der Waals surface area contributed by atoms with Gasteiger partial charge < -0.3 is 39.4 Å². The summed E-state index contributed by atoms with van der Waals surface area (Å²) >= 11 is 0. The first kappa shape index (κ1) is 23.8. The third kappa shape index (κ3) is 4.96. The zero-order valence-corrected chi connectivity index (χ0v) is 17.6. The van der Waals surface area contributed by atoms with Crippen molar-refractivity contribution < 1.29 is 39.4 Å². The van der Waals surface area contributed by atoms with Gasteiger partial charge in [-0.3, -0.25) is 0 Å². The average Bonchev–Trinajstić information content (AvgIpc) is 2.80. The number of aliphatic hydroxyl groups excluding tert-OH is 4. The molecule has 0 radical (unpaired) electrons. The van der Waals surface area contributed by atoms with E-state index in [1.165, 1.54) is 28.4 Å². The van der Waals surface area contributed by atoms with Gasteiger partial charge in [-0.05, 0) is 35.4 Å². The van der Waals surface area contributed by atoms with Gasteiger partial charge >= 0.3 is 0 Å². The molecule has 0 fully saturated rings. The number of benzene rings is 2. The topological polar surface area (TPSA) is 118 Å². The highest BCUT2D eigenvalue weighted by molar-refractivity contribution is 5.44. The van der Waals surface area contributed by atoms with Crippen molar-refractivity contribution in [2.24, 2.45) is 11.8 Å². The van der Waals surface area contributed by atoms with Crippen molar-refractivity contribution >= 4 is 0 Å². The van der Waals surface area contributed by atoms with Crippen LogP contribution in [-0.2, 0) is 0 Å². The van der Waals surface area contributed by atoms with Crippen LogP contribution >= 0.6 is 0 Å². The Hall–Kier alpha value is -2.52. The minimum Gasteiger partial charge on any atom is -0.493 e. The summed E-state index contributed by atoms with van der Waals surface area (Å²) in [5.41, 5.74) is 0.925. The smallest absolute Gasteiger partial charge is 0.161 e. The van der Waals surface area contributed by atoms with Crippen molar-refractivity contribution in [3.05, 3.63) is 47.5 Å². The summed E-state index contributed by atoms with van der Waals surface area (Å²) in [5.74, 6) is 0.141. The molecule has 4 N–H and O–H groups in total. The van der Waals surface area contributed by atoms with E-state index in [1.54, 1.807) is 36.4 Å². The maximum Gasteiger partial charge on any atom is 0.161 e. The van der Waals surface area contributed by atoms with Gasteiger partial charge in [0.2, 0.25) is 0 Å². The molecule has 0 heterocycles. The van der Waals surface area contributed by atoms with Crippen molar-refractivity contribution in [2.45, 2.75) is 12.2 Å². The summed E-state index contributed by atoms with van der Waals surface area (Å²) in [7, 11) is 5.97. The molecule has 2 rings (SSSR count). The van der Waals surface area contributed by atoms with E-state index in [0.717, 1.165) is 0 Å². The van der Waals surface area contributed by atoms with Crippen LogP contribution in [0.3, 0.4) is 0 Å². The number of hydrogen-bond donors (Lipinski definition) is 4. The minimum absolute atomic E-state index is 0.423. The summed E-state index contributed by atoms with van der Waals surface area (Å²) in [5, 5.41) is 41.8. The third-order valence-electron chi connectivity index (χ3n) is 5.28. The Morgan fingerprint density at radius 3 is 1.20 bits per heavy atom. The van der Waals surface area contributed by atoms with Crippen LogP contribution in [0.4, 0.5) is 0 Å². The van der Waals surface area contributed by atoms with E-state index in [2.05, 4.69) is 0 Å². The molecule has 4 atom stereocenters. The molecule has 8 nitrogen and oxygen atoms in total. The van der Waals surface area contributed by atoms with Crippen LogP contribution in [0.1, 0.15) is 23.3 Å². The molecule has 0 saturated heterocycles. The largest absolute Gasteiger partial charge is 0.493 e. The molecule has 30 heavy (non-hydrogen) atoms. The quantitative estimate of drug-likeness (QED) is 0.432. The van der Waals surface area contributed by atoms with Crippen molar-refractivity contribution in [1.29, 1.82) is 0 Å². The van der Waals surface area contributed by atoms with E-state index < -0.39 is 37.3 Å². The van der Waals surface area contributed by atoms with E-state index in [-0.39, 0.29) is 0 Å². The molecule has 0 aliphatic carbocycles. The van der Waals surface area contributed by atoms with Crippen LogP contribution in [-0.4, -0.2) is 62.1 Å². The second kappa shape index (κ2) is 11.0. The van der Waals surface area contributed by atoms with Gasteiger partial charge in [0.1, 0.15) is 0 Å². The predicted molar refractivity (Wildman–Crippen MR) is 110 cm³/mol. The molecule has 8 heteroatoms. The Morgan fingerprint density at radius 2 is 0.933 bits per heavy atom. The maximum atomic E-state index is 10.9. The molecular weight excluding hydrogens is 392 g/mol. The van der Waals surface area contributed by atoms with Crippen molar-refractivity contribution in [1.82, 2.24) is 0 Å².